The Balaban J connectivity index is 1.60. The minimum atomic E-state index is -0.0406. The molecule has 0 aliphatic carbocycles. The lowest BCUT2D eigenvalue weighted by molar-refractivity contribution is -0.134. The Morgan fingerprint density at radius 3 is 2.90 bits per heavy atom. The molecule has 2 aliphatic heterocycles. The number of amides is 1. The number of ether oxygens (including phenoxy) is 1. The number of likely N-dealkylation sites (tertiary alicyclic amines) is 1. The molecule has 1 aromatic carbocycles. The van der Waals surface area contributed by atoms with Crippen molar-refractivity contribution in [3.8, 4) is 5.75 Å². The molecule has 3 heterocycles. The lowest BCUT2D eigenvalue weighted by atomic mass is 9.98. The topological polar surface area (TPSA) is 58.6 Å². The number of aromatic nitrogens is 2. The molecule has 1 unspecified atom stereocenters. The Kier molecular flexibility index (Phi) is 5.69. The standard InChI is InChI=1S/C23H30N4O2/c1-16-19-10-7-12-26(2)23(19)25-22(24-16)20-11-4-5-13-27(20)21(28)15-17-8-6-9-18(14-17)29-3/h6,8-9,14,20H,4-5,7,10-13,15H2,1-3H3. The molecule has 1 aromatic heterocycles. The van der Waals surface area contributed by atoms with E-state index in [1.54, 1.807) is 7.11 Å². The molecule has 2 aromatic rings. The van der Waals surface area contributed by atoms with Crippen LogP contribution in [0.2, 0.25) is 0 Å². The zero-order valence-corrected chi connectivity index (χ0v) is 17.6. The fourth-order valence-electron chi connectivity index (χ4n) is 4.52. The number of nitrogens with zero attached hydrogens (tertiary/aromatic N) is 4. The number of hydrogen-bond acceptors (Lipinski definition) is 5. The maximum absolute atomic E-state index is 13.2. The van der Waals surface area contributed by atoms with Gasteiger partial charge in [-0.3, -0.25) is 4.79 Å². The minimum absolute atomic E-state index is 0.0406. The summed E-state index contributed by atoms with van der Waals surface area (Å²) in [6.45, 7) is 3.86. The van der Waals surface area contributed by atoms with Crippen molar-refractivity contribution in [2.24, 2.45) is 0 Å². The summed E-state index contributed by atoms with van der Waals surface area (Å²) in [4.78, 5) is 27.2. The summed E-state index contributed by atoms with van der Waals surface area (Å²) in [5.74, 6) is 2.76. The first-order valence-electron chi connectivity index (χ1n) is 10.6. The molecule has 154 valence electrons. The first-order valence-corrected chi connectivity index (χ1v) is 10.6. The second kappa shape index (κ2) is 8.39. The molecule has 4 rings (SSSR count). The van der Waals surface area contributed by atoms with Gasteiger partial charge in [-0.25, -0.2) is 9.97 Å². The number of benzene rings is 1. The molecule has 6 nitrogen and oxygen atoms in total. The van der Waals surface area contributed by atoms with E-state index in [4.69, 9.17) is 14.7 Å². The summed E-state index contributed by atoms with van der Waals surface area (Å²) < 4.78 is 5.30. The van der Waals surface area contributed by atoms with E-state index >= 15 is 0 Å². The second-order valence-corrected chi connectivity index (χ2v) is 8.12. The number of piperidine rings is 1. The number of aryl methyl sites for hydroxylation is 1. The van der Waals surface area contributed by atoms with Crippen LogP contribution in [-0.2, 0) is 17.6 Å². The molecular formula is C23H30N4O2. The van der Waals surface area contributed by atoms with E-state index < -0.39 is 0 Å². The summed E-state index contributed by atoms with van der Waals surface area (Å²) >= 11 is 0. The highest BCUT2D eigenvalue weighted by Crippen LogP contribution is 2.33. The number of fused-ring (bicyclic) bond motifs is 1. The quantitative estimate of drug-likeness (QED) is 0.795. The van der Waals surface area contributed by atoms with Crippen LogP contribution in [-0.4, -0.2) is 48.0 Å². The van der Waals surface area contributed by atoms with Gasteiger partial charge in [0.1, 0.15) is 11.6 Å². The maximum Gasteiger partial charge on any atom is 0.227 e. The van der Waals surface area contributed by atoms with Crippen molar-refractivity contribution in [1.82, 2.24) is 14.9 Å². The Morgan fingerprint density at radius 2 is 2.07 bits per heavy atom. The first-order chi connectivity index (χ1) is 14.1. The van der Waals surface area contributed by atoms with Crippen molar-refractivity contribution >= 4 is 11.7 Å². The third-order valence-corrected chi connectivity index (χ3v) is 6.10. The normalized spacial score (nSPS) is 19.1. The van der Waals surface area contributed by atoms with Crippen molar-refractivity contribution in [2.75, 3.05) is 32.1 Å². The molecule has 1 fully saturated rings. The molecule has 1 saturated heterocycles. The van der Waals surface area contributed by atoms with Gasteiger partial charge in [0.15, 0.2) is 5.82 Å². The largest absolute Gasteiger partial charge is 0.497 e. The molecule has 0 radical (unpaired) electrons. The smallest absolute Gasteiger partial charge is 0.227 e. The van der Waals surface area contributed by atoms with Crippen LogP contribution in [0.15, 0.2) is 24.3 Å². The molecule has 0 N–H and O–H groups in total. The Morgan fingerprint density at radius 1 is 1.21 bits per heavy atom. The Labute approximate surface area is 172 Å². The van der Waals surface area contributed by atoms with Crippen LogP contribution in [0.5, 0.6) is 5.75 Å². The molecule has 1 amide bonds. The monoisotopic (exact) mass is 394 g/mol. The number of carbonyl (C=O) groups is 1. The van der Waals surface area contributed by atoms with Crippen molar-refractivity contribution in [3.05, 3.63) is 46.9 Å². The van der Waals surface area contributed by atoms with E-state index in [2.05, 4.69) is 18.9 Å². The van der Waals surface area contributed by atoms with Crippen LogP contribution in [0, 0.1) is 6.92 Å². The number of rotatable bonds is 4. The summed E-state index contributed by atoms with van der Waals surface area (Å²) in [5.41, 5.74) is 3.29. The zero-order valence-electron chi connectivity index (χ0n) is 17.6. The van der Waals surface area contributed by atoms with E-state index in [1.165, 1.54) is 5.56 Å². The SMILES string of the molecule is COc1cccc(CC(=O)N2CCCCC2c2nc(C)c3c(n2)N(C)CCC3)c1. The molecule has 0 spiro atoms. The van der Waals surface area contributed by atoms with Gasteiger partial charge in [-0.2, -0.15) is 0 Å². The average molecular weight is 395 g/mol. The third-order valence-electron chi connectivity index (χ3n) is 6.10. The van der Waals surface area contributed by atoms with Crippen LogP contribution in [0.4, 0.5) is 5.82 Å². The molecule has 2 aliphatic rings. The van der Waals surface area contributed by atoms with Crippen LogP contribution in [0.3, 0.4) is 0 Å². The van der Waals surface area contributed by atoms with Crippen LogP contribution in [0.1, 0.15) is 54.4 Å². The Bertz CT molecular complexity index is 898. The number of hydrogen-bond donors (Lipinski definition) is 0. The van der Waals surface area contributed by atoms with Crippen LogP contribution in [0.25, 0.3) is 0 Å². The van der Waals surface area contributed by atoms with Crippen molar-refractivity contribution in [2.45, 2.75) is 51.5 Å². The molecule has 0 bridgehead atoms. The molecule has 1 atom stereocenters. The van der Waals surface area contributed by atoms with Gasteiger partial charge in [0.2, 0.25) is 5.91 Å². The average Bonchev–Trinajstić information content (AvgIpc) is 2.74. The van der Waals surface area contributed by atoms with Gasteiger partial charge >= 0.3 is 0 Å². The lowest BCUT2D eigenvalue weighted by Crippen LogP contribution is -2.40. The predicted molar refractivity (Wildman–Crippen MR) is 113 cm³/mol. The number of methoxy groups -OCH3 is 1. The second-order valence-electron chi connectivity index (χ2n) is 8.12. The number of carbonyl (C=O) groups excluding carboxylic acids is 1. The Hall–Kier alpha value is -2.63. The summed E-state index contributed by atoms with van der Waals surface area (Å²) in [6.07, 6.45) is 5.60. The summed E-state index contributed by atoms with van der Waals surface area (Å²) in [6, 6.07) is 7.71. The third kappa shape index (κ3) is 4.07. The van der Waals surface area contributed by atoms with Crippen LogP contribution >= 0.6 is 0 Å². The first kappa shape index (κ1) is 19.7. The van der Waals surface area contributed by atoms with Crippen molar-refractivity contribution in [3.63, 3.8) is 0 Å². The number of anilines is 1. The summed E-state index contributed by atoms with van der Waals surface area (Å²) in [5, 5.41) is 0. The molecule has 6 heteroatoms. The minimum Gasteiger partial charge on any atom is -0.497 e. The van der Waals surface area contributed by atoms with E-state index in [0.29, 0.717) is 6.42 Å². The van der Waals surface area contributed by atoms with E-state index in [1.807, 2.05) is 29.2 Å². The van der Waals surface area contributed by atoms with Gasteiger partial charge in [-0.15, -0.1) is 0 Å². The van der Waals surface area contributed by atoms with Gasteiger partial charge in [0.05, 0.1) is 19.6 Å². The van der Waals surface area contributed by atoms with Gasteiger partial charge in [0, 0.05) is 31.4 Å². The van der Waals surface area contributed by atoms with E-state index in [-0.39, 0.29) is 11.9 Å². The lowest BCUT2D eigenvalue weighted by Gasteiger charge is -2.36. The fourth-order valence-corrected chi connectivity index (χ4v) is 4.52. The van der Waals surface area contributed by atoms with Gasteiger partial charge in [0.25, 0.3) is 0 Å². The van der Waals surface area contributed by atoms with Crippen molar-refractivity contribution in [1.29, 1.82) is 0 Å². The highest BCUT2D eigenvalue weighted by molar-refractivity contribution is 5.79. The van der Waals surface area contributed by atoms with E-state index in [9.17, 15) is 4.79 Å². The van der Waals surface area contributed by atoms with Gasteiger partial charge in [-0.1, -0.05) is 12.1 Å². The zero-order chi connectivity index (χ0) is 20.4. The van der Waals surface area contributed by atoms with E-state index in [0.717, 1.165) is 73.8 Å². The van der Waals surface area contributed by atoms with Crippen molar-refractivity contribution < 1.29 is 9.53 Å². The fraction of sp³-hybridized carbons (Fsp3) is 0.522. The van der Waals surface area contributed by atoms with Gasteiger partial charge in [-0.05, 0) is 56.7 Å². The van der Waals surface area contributed by atoms with Crippen LogP contribution < -0.4 is 9.64 Å². The highest BCUT2D eigenvalue weighted by atomic mass is 16.5. The summed E-state index contributed by atoms with van der Waals surface area (Å²) in [7, 11) is 3.75. The molecular weight excluding hydrogens is 364 g/mol. The highest BCUT2D eigenvalue weighted by Gasteiger charge is 2.31. The molecule has 29 heavy (non-hydrogen) atoms. The van der Waals surface area contributed by atoms with Gasteiger partial charge < -0.3 is 14.5 Å². The maximum atomic E-state index is 13.2. The molecule has 0 saturated carbocycles. The predicted octanol–water partition coefficient (Wildman–Crippen LogP) is 3.47.